The van der Waals surface area contributed by atoms with Gasteiger partial charge in [-0.2, -0.15) is 0 Å². The van der Waals surface area contributed by atoms with Crippen molar-refractivity contribution in [1.82, 2.24) is 4.90 Å². The van der Waals surface area contributed by atoms with E-state index in [2.05, 4.69) is 0 Å². The summed E-state index contributed by atoms with van der Waals surface area (Å²) >= 11 is 0. The number of rotatable bonds is 2. The minimum absolute atomic E-state index is 0.124. The standard InChI is InChI=1S/C14H26N2O2/c1-14(2,3)18-13(17)16-11-4-5-12(16)9-10(8-11)6-7-15/h10-12H,4-9,15H2,1-3H3. The SMILES string of the molecule is CC(C)(C)OC(=O)N1C2CCC1CC(CCN)C2. The first-order valence-electron chi connectivity index (χ1n) is 7.12. The van der Waals surface area contributed by atoms with Crippen molar-refractivity contribution >= 4 is 6.09 Å². The van der Waals surface area contributed by atoms with E-state index in [0.29, 0.717) is 18.0 Å². The summed E-state index contributed by atoms with van der Waals surface area (Å²) in [7, 11) is 0. The molecule has 2 unspecified atom stereocenters. The summed E-state index contributed by atoms with van der Waals surface area (Å²) in [6.07, 6.45) is 5.44. The highest BCUT2D eigenvalue weighted by Gasteiger charge is 2.44. The zero-order valence-electron chi connectivity index (χ0n) is 11.8. The van der Waals surface area contributed by atoms with Gasteiger partial charge in [-0.05, 0) is 65.3 Å². The molecule has 0 aliphatic carbocycles. The maximum atomic E-state index is 12.2. The van der Waals surface area contributed by atoms with Crippen LogP contribution in [0.25, 0.3) is 0 Å². The quantitative estimate of drug-likeness (QED) is 0.823. The molecule has 2 aliphatic rings. The van der Waals surface area contributed by atoms with E-state index in [0.717, 1.165) is 38.6 Å². The van der Waals surface area contributed by atoms with Crippen LogP contribution in [-0.4, -0.2) is 35.2 Å². The molecule has 0 radical (unpaired) electrons. The van der Waals surface area contributed by atoms with Gasteiger partial charge in [-0.15, -0.1) is 0 Å². The number of carbonyl (C=O) groups is 1. The monoisotopic (exact) mass is 254 g/mol. The highest BCUT2D eigenvalue weighted by atomic mass is 16.6. The molecule has 1 amide bonds. The number of nitrogens with zero attached hydrogens (tertiary/aromatic N) is 1. The Hall–Kier alpha value is -0.770. The molecule has 2 aliphatic heterocycles. The highest BCUT2D eigenvalue weighted by Crippen LogP contribution is 2.40. The molecule has 2 rings (SSSR count). The van der Waals surface area contributed by atoms with Crippen molar-refractivity contribution in [2.75, 3.05) is 6.54 Å². The Bertz CT molecular complexity index is 297. The van der Waals surface area contributed by atoms with Crippen molar-refractivity contribution in [1.29, 1.82) is 0 Å². The lowest BCUT2D eigenvalue weighted by atomic mass is 9.88. The van der Waals surface area contributed by atoms with E-state index in [-0.39, 0.29) is 6.09 Å². The van der Waals surface area contributed by atoms with E-state index in [9.17, 15) is 4.79 Å². The van der Waals surface area contributed by atoms with Crippen molar-refractivity contribution in [3.63, 3.8) is 0 Å². The van der Waals surface area contributed by atoms with Gasteiger partial charge in [0.25, 0.3) is 0 Å². The first-order chi connectivity index (χ1) is 8.40. The van der Waals surface area contributed by atoms with E-state index >= 15 is 0 Å². The average molecular weight is 254 g/mol. The van der Waals surface area contributed by atoms with Gasteiger partial charge in [-0.3, -0.25) is 0 Å². The van der Waals surface area contributed by atoms with Gasteiger partial charge in [-0.25, -0.2) is 4.79 Å². The number of piperidine rings is 1. The van der Waals surface area contributed by atoms with E-state index in [1.54, 1.807) is 0 Å². The molecule has 18 heavy (non-hydrogen) atoms. The number of carbonyl (C=O) groups excluding carboxylic acids is 1. The Morgan fingerprint density at radius 2 is 1.83 bits per heavy atom. The number of ether oxygens (including phenoxy) is 1. The molecule has 0 saturated carbocycles. The first kappa shape index (κ1) is 13.7. The van der Waals surface area contributed by atoms with Crippen LogP contribution in [0.3, 0.4) is 0 Å². The van der Waals surface area contributed by atoms with Gasteiger partial charge in [0.1, 0.15) is 5.60 Å². The van der Waals surface area contributed by atoms with Gasteiger partial charge in [0.05, 0.1) is 0 Å². The number of nitrogens with two attached hydrogens (primary N) is 1. The Kier molecular flexibility index (Phi) is 3.85. The van der Waals surface area contributed by atoms with Crippen LogP contribution in [0.5, 0.6) is 0 Å². The fraction of sp³-hybridized carbons (Fsp3) is 0.929. The van der Waals surface area contributed by atoms with Crippen LogP contribution in [0.4, 0.5) is 4.79 Å². The molecule has 2 bridgehead atoms. The second kappa shape index (κ2) is 5.08. The Morgan fingerprint density at radius 3 is 2.28 bits per heavy atom. The van der Waals surface area contributed by atoms with Gasteiger partial charge in [-0.1, -0.05) is 0 Å². The summed E-state index contributed by atoms with van der Waals surface area (Å²) in [4.78, 5) is 14.2. The summed E-state index contributed by atoms with van der Waals surface area (Å²) in [6, 6.07) is 0.769. The third-order valence-corrected chi connectivity index (χ3v) is 4.01. The van der Waals surface area contributed by atoms with Crippen LogP contribution >= 0.6 is 0 Å². The smallest absolute Gasteiger partial charge is 0.410 e. The summed E-state index contributed by atoms with van der Waals surface area (Å²) < 4.78 is 5.52. The lowest BCUT2D eigenvalue weighted by Gasteiger charge is -2.39. The van der Waals surface area contributed by atoms with Crippen molar-refractivity contribution in [2.24, 2.45) is 11.7 Å². The summed E-state index contributed by atoms with van der Waals surface area (Å²) in [5.41, 5.74) is 5.24. The van der Waals surface area contributed by atoms with Gasteiger partial charge in [0.2, 0.25) is 0 Å². The minimum Gasteiger partial charge on any atom is -0.444 e. The predicted octanol–water partition coefficient (Wildman–Crippen LogP) is 2.51. The van der Waals surface area contributed by atoms with E-state index in [1.807, 2.05) is 25.7 Å². The van der Waals surface area contributed by atoms with E-state index in [1.165, 1.54) is 0 Å². The third-order valence-electron chi connectivity index (χ3n) is 4.01. The van der Waals surface area contributed by atoms with Gasteiger partial charge in [0, 0.05) is 12.1 Å². The molecule has 0 aromatic heterocycles. The van der Waals surface area contributed by atoms with Crippen LogP contribution in [0.2, 0.25) is 0 Å². The molecule has 4 nitrogen and oxygen atoms in total. The topological polar surface area (TPSA) is 55.6 Å². The summed E-state index contributed by atoms with van der Waals surface area (Å²) in [5, 5.41) is 0. The second-order valence-corrected chi connectivity index (χ2v) is 6.69. The fourth-order valence-corrected chi connectivity index (χ4v) is 3.37. The second-order valence-electron chi connectivity index (χ2n) is 6.69. The molecule has 0 spiro atoms. The first-order valence-corrected chi connectivity index (χ1v) is 7.12. The molecule has 2 atom stereocenters. The molecule has 2 N–H and O–H groups in total. The molecule has 4 heteroatoms. The number of hydrogen-bond donors (Lipinski definition) is 1. The van der Waals surface area contributed by atoms with Gasteiger partial charge < -0.3 is 15.4 Å². The van der Waals surface area contributed by atoms with Crippen molar-refractivity contribution in [3.05, 3.63) is 0 Å². The minimum atomic E-state index is -0.398. The molecule has 104 valence electrons. The number of hydrogen-bond acceptors (Lipinski definition) is 3. The Morgan fingerprint density at radius 1 is 1.28 bits per heavy atom. The van der Waals surface area contributed by atoms with Crippen molar-refractivity contribution in [2.45, 2.75) is 70.6 Å². The predicted molar refractivity (Wildman–Crippen MR) is 71.3 cm³/mol. The fourth-order valence-electron chi connectivity index (χ4n) is 3.37. The zero-order chi connectivity index (χ0) is 13.3. The molecular formula is C14H26N2O2. The van der Waals surface area contributed by atoms with Crippen LogP contribution < -0.4 is 5.73 Å². The maximum Gasteiger partial charge on any atom is 0.410 e. The molecule has 2 heterocycles. The maximum absolute atomic E-state index is 12.2. The molecule has 0 aromatic rings. The lowest BCUT2D eigenvalue weighted by Crippen LogP contribution is -2.48. The summed E-state index contributed by atoms with van der Waals surface area (Å²) in [6.45, 7) is 6.53. The van der Waals surface area contributed by atoms with E-state index in [4.69, 9.17) is 10.5 Å². The largest absolute Gasteiger partial charge is 0.444 e. The molecular weight excluding hydrogens is 228 g/mol. The lowest BCUT2D eigenvalue weighted by molar-refractivity contribution is 0.00180. The van der Waals surface area contributed by atoms with Crippen LogP contribution in [-0.2, 0) is 4.74 Å². The number of amides is 1. The van der Waals surface area contributed by atoms with Gasteiger partial charge >= 0.3 is 6.09 Å². The van der Waals surface area contributed by atoms with Crippen molar-refractivity contribution < 1.29 is 9.53 Å². The summed E-state index contributed by atoms with van der Waals surface area (Å²) in [5.74, 6) is 0.700. The van der Waals surface area contributed by atoms with Crippen LogP contribution in [0.1, 0.15) is 52.9 Å². The van der Waals surface area contributed by atoms with Crippen molar-refractivity contribution in [3.8, 4) is 0 Å². The zero-order valence-corrected chi connectivity index (χ0v) is 11.8. The normalized spacial score (nSPS) is 31.6. The number of fused-ring (bicyclic) bond motifs is 2. The molecule has 0 aromatic carbocycles. The molecule has 2 saturated heterocycles. The van der Waals surface area contributed by atoms with Crippen LogP contribution in [0, 0.1) is 5.92 Å². The van der Waals surface area contributed by atoms with E-state index < -0.39 is 5.60 Å². The average Bonchev–Trinajstić information content (AvgIpc) is 2.49. The third kappa shape index (κ3) is 2.97. The van der Waals surface area contributed by atoms with Gasteiger partial charge in [0.15, 0.2) is 0 Å². The van der Waals surface area contributed by atoms with Crippen LogP contribution in [0.15, 0.2) is 0 Å². The molecule has 2 fully saturated rings. The Labute approximate surface area is 110 Å². The Balaban J connectivity index is 1.98. The highest BCUT2D eigenvalue weighted by molar-refractivity contribution is 5.69.